The van der Waals surface area contributed by atoms with Crippen molar-refractivity contribution in [3.63, 3.8) is 0 Å². The Hall–Kier alpha value is -2.15. The highest BCUT2D eigenvalue weighted by Gasteiger charge is 2.00. The molecular weight excluding hydrogens is 196 g/mol. The van der Waals surface area contributed by atoms with Crippen LogP contribution in [0.25, 0.3) is 0 Å². The van der Waals surface area contributed by atoms with Crippen LogP contribution in [0.2, 0.25) is 0 Å². The highest BCUT2D eigenvalue weighted by Crippen LogP contribution is 2.25. The number of methoxy groups -OCH3 is 1. The minimum atomic E-state index is -0.972. The van der Waals surface area contributed by atoms with Crippen LogP contribution < -0.4 is 4.74 Å². The van der Waals surface area contributed by atoms with Crippen molar-refractivity contribution in [2.75, 3.05) is 7.11 Å². The molecule has 0 unspecified atom stereocenters. The largest absolute Gasteiger partial charge is 0.504 e. The number of phenolic OH excluding ortho intramolecular Hbond substituents is 1. The van der Waals surface area contributed by atoms with Gasteiger partial charge in [-0.05, 0) is 18.2 Å². The average molecular weight is 206 g/mol. The van der Waals surface area contributed by atoms with Gasteiger partial charge in [-0.3, -0.25) is 4.79 Å². The van der Waals surface area contributed by atoms with Crippen molar-refractivity contribution in [1.29, 1.82) is 0 Å². The summed E-state index contributed by atoms with van der Waals surface area (Å²) in [5.41, 5.74) is 0.551. The molecule has 0 aliphatic carbocycles. The van der Waals surface area contributed by atoms with Gasteiger partial charge < -0.3 is 14.9 Å². The molecule has 0 amide bonds. The highest BCUT2D eigenvalue weighted by molar-refractivity contribution is 5.70. The van der Waals surface area contributed by atoms with Crippen LogP contribution in [0.4, 0.5) is 0 Å². The second-order valence-corrected chi connectivity index (χ2v) is 2.76. The summed E-state index contributed by atoms with van der Waals surface area (Å²) in [4.78, 5) is 10.2. The normalized spacial score (nSPS) is 8.87. The quantitative estimate of drug-likeness (QED) is 0.714. The molecule has 0 spiro atoms. The summed E-state index contributed by atoms with van der Waals surface area (Å²) in [7, 11) is 1.45. The number of hydrogen-bond acceptors (Lipinski definition) is 3. The maximum Gasteiger partial charge on any atom is 0.315 e. The SMILES string of the molecule is COc1ccc(C#CCC(=O)O)cc1O. The number of aromatic hydroxyl groups is 1. The number of rotatable bonds is 2. The van der Waals surface area contributed by atoms with Gasteiger partial charge in [0.15, 0.2) is 11.5 Å². The van der Waals surface area contributed by atoms with Crippen LogP contribution in [-0.2, 0) is 4.79 Å². The van der Waals surface area contributed by atoms with Gasteiger partial charge >= 0.3 is 5.97 Å². The Morgan fingerprint density at radius 2 is 2.27 bits per heavy atom. The first-order valence-electron chi connectivity index (χ1n) is 4.21. The predicted molar refractivity (Wildman–Crippen MR) is 53.8 cm³/mol. The van der Waals surface area contributed by atoms with Crippen LogP contribution in [0.15, 0.2) is 18.2 Å². The molecule has 0 aromatic heterocycles. The summed E-state index contributed by atoms with van der Waals surface area (Å²) >= 11 is 0. The van der Waals surface area contributed by atoms with E-state index in [9.17, 15) is 9.90 Å². The Balaban J connectivity index is 2.82. The van der Waals surface area contributed by atoms with Crippen LogP contribution in [0, 0.1) is 11.8 Å². The lowest BCUT2D eigenvalue weighted by Gasteiger charge is -2.01. The molecular formula is C11H10O4. The predicted octanol–water partition coefficient (Wildman–Crippen LogP) is 1.23. The van der Waals surface area contributed by atoms with Crippen molar-refractivity contribution >= 4 is 5.97 Å². The molecule has 0 saturated carbocycles. The molecule has 0 saturated heterocycles. The maximum atomic E-state index is 10.2. The third-order valence-corrected chi connectivity index (χ3v) is 1.65. The summed E-state index contributed by atoms with van der Waals surface area (Å²) in [6.07, 6.45) is -0.215. The summed E-state index contributed by atoms with van der Waals surface area (Å²) in [5.74, 6) is 4.46. The van der Waals surface area contributed by atoms with E-state index in [1.807, 2.05) is 0 Å². The molecule has 0 radical (unpaired) electrons. The van der Waals surface area contributed by atoms with Crippen molar-refractivity contribution < 1.29 is 19.7 Å². The van der Waals surface area contributed by atoms with E-state index in [0.717, 1.165) is 0 Å². The molecule has 0 aliphatic heterocycles. The smallest absolute Gasteiger partial charge is 0.315 e. The van der Waals surface area contributed by atoms with Gasteiger partial charge in [0.25, 0.3) is 0 Å². The minimum absolute atomic E-state index is 0.0142. The number of ether oxygens (including phenoxy) is 1. The zero-order chi connectivity index (χ0) is 11.3. The molecule has 1 aromatic rings. The van der Waals surface area contributed by atoms with Gasteiger partial charge in [-0.15, -0.1) is 0 Å². The van der Waals surface area contributed by atoms with Crippen molar-refractivity contribution in [3.8, 4) is 23.3 Å². The van der Waals surface area contributed by atoms with Crippen molar-refractivity contribution in [2.24, 2.45) is 0 Å². The van der Waals surface area contributed by atoms with Crippen LogP contribution in [-0.4, -0.2) is 23.3 Å². The van der Waals surface area contributed by atoms with E-state index < -0.39 is 5.97 Å². The molecule has 1 rings (SSSR count). The monoisotopic (exact) mass is 206 g/mol. The van der Waals surface area contributed by atoms with Crippen LogP contribution in [0.1, 0.15) is 12.0 Å². The number of carboxylic acid groups (broad SMARTS) is 1. The molecule has 4 nitrogen and oxygen atoms in total. The molecule has 0 bridgehead atoms. The highest BCUT2D eigenvalue weighted by atomic mass is 16.5. The first-order chi connectivity index (χ1) is 7.13. The Morgan fingerprint density at radius 1 is 1.53 bits per heavy atom. The van der Waals surface area contributed by atoms with Gasteiger partial charge in [-0.1, -0.05) is 11.8 Å². The summed E-state index contributed by atoms with van der Waals surface area (Å²) in [6.45, 7) is 0. The fourth-order valence-corrected chi connectivity index (χ4v) is 0.990. The Morgan fingerprint density at radius 3 is 2.80 bits per heavy atom. The maximum absolute atomic E-state index is 10.2. The second kappa shape index (κ2) is 4.91. The number of carbonyl (C=O) groups is 1. The lowest BCUT2D eigenvalue weighted by Crippen LogP contribution is -1.90. The summed E-state index contributed by atoms with van der Waals surface area (Å²) in [6, 6.07) is 4.64. The first-order valence-corrected chi connectivity index (χ1v) is 4.21. The third kappa shape index (κ3) is 3.24. The van der Waals surface area contributed by atoms with E-state index in [4.69, 9.17) is 9.84 Å². The topological polar surface area (TPSA) is 66.8 Å². The lowest BCUT2D eigenvalue weighted by molar-refractivity contribution is -0.135. The molecule has 0 heterocycles. The average Bonchev–Trinajstić information content (AvgIpc) is 2.17. The number of phenols is 1. The van der Waals surface area contributed by atoms with E-state index >= 15 is 0 Å². The van der Waals surface area contributed by atoms with Crippen molar-refractivity contribution in [2.45, 2.75) is 6.42 Å². The zero-order valence-electron chi connectivity index (χ0n) is 8.15. The summed E-state index contributed by atoms with van der Waals surface area (Å²) < 4.78 is 4.85. The van der Waals surface area contributed by atoms with Gasteiger partial charge in [0, 0.05) is 5.56 Å². The minimum Gasteiger partial charge on any atom is -0.504 e. The molecule has 1 aromatic carbocycles. The van der Waals surface area contributed by atoms with Gasteiger partial charge in [0.05, 0.1) is 7.11 Å². The Bertz CT molecular complexity index is 426. The van der Waals surface area contributed by atoms with E-state index in [1.165, 1.54) is 13.2 Å². The first kappa shape index (κ1) is 10.9. The fraction of sp³-hybridized carbons (Fsp3) is 0.182. The molecule has 78 valence electrons. The number of benzene rings is 1. The zero-order valence-corrected chi connectivity index (χ0v) is 8.15. The molecule has 4 heteroatoms. The molecule has 2 N–H and O–H groups in total. The Kier molecular flexibility index (Phi) is 3.58. The van der Waals surface area contributed by atoms with Crippen molar-refractivity contribution in [1.82, 2.24) is 0 Å². The number of aliphatic carboxylic acids is 1. The lowest BCUT2D eigenvalue weighted by atomic mass is 10.2. The van der Waals surface area contributed by atoms with E-state index in [-0.39, 0.29) is 12.2 Å². The third-order valence-electron chi connectivity index (χ3n) is 1.65. The molecule has 0 fully saturated rings. The fourth-order valence-electron chi connectivity index (χ4n) is 0.990. The van der Waals surface area contributed by atoms with Crippen LogP contribution in [0.5, 0.6) is 11.5 Å². The molecule has 0 aliphatic rings. The van der Waals surface area contributed by atoms with E-state index in [1.54, 1.807) is 12.1 Å². The van der Waals surface area contributed by atoms with E-state index in [2.05, 4.69) is 11.8 Å². The molecule has 15 heavy (non-hydrogen) atoms. The standard InChI is InChI=1S/C11H10O4/c1-15-10-6-5-8(7-9(10)12)3-2-4-11(13)14/h5-7,12H,4H2,1H3,(H,13,14). The summed E-state index contributed by atoms with van der Waals surface area (Å²) in [5, 5.41) is 17.7. The second-order valence-electron chi connectivity index (χ2n) is 2.76. The van der Waals surface area contributed by atoms with Crippen LogP contribution >= 0.6 is 0 Å². The van der Waals surface area contributed by atoms with Gasteiger partial charge in [-0.25, -0.2) is 0 Å². The Labute approximate surface area is 87.1 Å². The van der Waals surface area contributed by atoms with E-state index in [0.29, 0.717) is 11.3 Å². The van der Waals surface area contributed by atoms with Gasteiger partial charge in [0.2, 0.25) is 0 Å². The van der Waals surface area contributed by atoms with Gasteiger partial charge in [0.1, 0.15) is 6.42 Å². The number of carboxylic acids is 1. The van der Waals surface area contributed by atoms with Gasteiger partial charge in [-0.2, -0.15) is 0 Å². The number of hydrogen-bond donors (Lipinski definition) is 2. The molecule has 0 atom stereocenters. The van der Waals surface area contributed by atoms with Crippen LogP contribution in [0.3, 0.4) is 0 Å². The van der Waals surface area contributed by atoms with Crippen molar-refractivity contribution in [3.05, 3.63) is 23.8 Å².